The van der Waals surface area contributed by atoms with Gasteiger partial charge in [-0.2, -0.15) is 5.10 Å². The maximum absolute atomic E-state index is 14.5. The number of para-hydroxylation sites is 1. The number of nitrogens with zero attached hydrogens (tertiary/aromatic N) is 4. The maximum atomic E-state index is 14.5. The van der Waals surface area contributed by atoms with Gasteiger partial charge in [0.05, 0.1) is 18.4 Å². The van der Waals surface area contributed by atoms with Gasteiger partial charge in [0.2, 0.25) is 5.13 Å². The SMILES string of the molecule is COc1ccc(-c2nn(-c3ccccc3)cc2-c2nnc(NC(=O)c3ccc(C)cc3)s2)cc1F. The number of anilines is 1. The standard InChI is InChI=1S/C26H20FN5O2S/c1-16-8-10-17(11-9-16)24(33)28-26-30-29-25(35-26)20-15-32(19-6-4-3-5-7-19)31-23(20)18-12-13-22(34-2)21(27)14-18/h3-15H,1-2H3,(H,28,30,33). The highest BCUT2D eigenvalue weighted by Gasteiger charge is 2.20. The van der Waals surface area contributed by atoms with Crippen molar-refractivity contribution in [1.82, 2.24) is 20.0 Å². The summed E-state index contributed by atoms with van der Waals surface area (Å²) >= 11 is 1.22. The van der Waals surface area contributed by atoms with Crippen LogP contribution in [0.2, 0.25) is 0 Å². The van der Waals surface area contributed by atoms with Gasteiger partial charge >= 0.3 is 0 Å². The number of hydrogen-bond donors (Lipinski definition) is 1. The number of carbonyl (C=O) groups is 1. The Morgan fingerprint density at radius 2 is 1.80 bits per heavy atom. The zero-order valence-electron chi connectivity index (χ0n) is 18.9. The van der Waals surface area contributed by atoms with E-state index in [-0.39, 0.29) is 11.7 Å². The maximum Gasteiger partial charge on any atom is 0.257 e. The lowest BCUT2D eigenvalue weighted by Gasteiger charge is -2.04. The van der Waals surface area contributed by atoms with Crippen molar-refractivity contribution >= 4 is 22.4 Å². The third kappa shape index (κ3) is 4.67. The van der Waals surface area contributed by atoms with Crippen LogP contribution in [-0.4, -0.2) is 33.0 Å². The van der Waals surface area contributed by atoms with Crippen molar-refractivity contribution in [2.24, 2.45) is 0 Å². The van der Waals surface area contributed by atoms with E-state index >= 15 is 0 Å². The fraction of sp³-hybridized carbons (Fsp3) is 0.0769. The second kappa shape index (κ2) is 9.47. The van der Waals surface area contributed by atoms with Gasteiger partial charge in [0.1, 0.15) is 5.69 Å². The van der Waals surface area contributed by atoms with Gasteiger partial charge < -0.3 is 4.74 Å². The summed E-state index contributed by atoms with van der Waals surface area (Å²) in [4.78, 5) is 12.6. The average Bonchev–Trinajstić information content (AvgIpc) is 3.52. The molecule has 5 aromatic rings. The lowest BCUT2D eigenvalue weighted by Crippen LogP contribution is -2.11. The van der Waals surface area contributed by atoms with Crippen LogP contribution in [-0.2, 0) is 0 Å². The summed E-state index contributed by atoms with van der Waals surface area (Å²) in [5.74, 6) is -0.617. The first-order valence-corrected chi connectivity index (χ1v) is 11.5. The summed E-state index contributed by atoms with van der Waals surface area (Å²) < 4.78 is 21.3. The van der Waals surface area contributed by atoms with E-state index in [2.05, 4.69) is 15.5 Å². The average molecular weight is 486 g/mol. The van der Waals surface area contributed by atoms with Crippen molar-refractivity contribution < 1.29 is 13.9 Å². The van der Waals surface area contributed by atoms with E-state index in [0.29, 0.717) is 32.5 Å². The second-order valence-electron chi connectivity index (χ2n) is 7.75. The predicted octanol–water partition coefficient (Wildman–Crippen LogP) is 5.77. The molecular weight excluding hydrogens is 465 g/mol. The number of ether oxygens (including phenoxy) is 1. The number of methoxy groups -OCH3 is 1. The number of halogens is 1. The Morgan fingerprint density at radius 3 is 2.51 bits per heavy atom. The van der Waals surface area contributed by atoms with Crippen LogP contribution in [0.15, 0.2) is 79.0 Å². The minimum atomic E-state index is -0.492. The van der Waals surface area contributed by atoms with E-state index in [9.17, 15) is 9.18 Å². The van der Waals surface area contributed by atoms with Crippen LogP contribution in [0.4, 0.5) is 9.52 Å². The minimum absolute atomic E-state index is 0.148. The van der Waals surface area contributed by atoms with Crippen LogP contribution >= 0.6 is 11.3 Å². The van der Waals surface area contributed by atoms with Crippen molar-refractivity contribution in [3.05, 3.63) is 95.9 Å². The predicted molar refractivity (Wildman–Crippen MR) is 134 cm³/mol. The molecule has 0 atom stereocenters. The smallest absolute Gasteiger partial charge is 0.257 e. The molecule has 3 aromatic carbocycles. The van der Waals surface area contributed by atoms with Crippen LogP contribution in [0.3, 0.4) is 0 Å². The van der Waals surface area contributed by atoms with Gasteiger partial charge in [-0.3, -0.25) is 10.1 Å². The lowest BCUT2D eigenvalue weighted by atomic mass is 10.1. The van der Waals surface area contributed by atoms with E-state index < -0.39 is 5.82 Å². The molecule has 0 unspecified atom stereocenters. The van der Waals surface area contributed by atoms with Gasteiger partial charge in [-0.25, -0.2) is 9.07 Å². The Kier molecular flexibility index (Phi) is 6.07. The van der Waals surface area contributed by atoms with Crippen LogP contribution in [0.5, 0.6) is 5.75 Å². The lowest BCUT2D eigenvalue weighted by molar-refractivity contribution is 0.102. The first-order valence-electron chi connectivity index (χ1n) is 10.7. The monoisotopic (exact) mass is 485 g/mol. The van der Waals surface area contributed by atoms with Crippen LogP contribution in [0.1, 0.15) is 15.9 Å². The molecule has 35 heavy (non-hydrogen) atoms. The molecule has 2 heterocycles. The van der Waals surface area contributed by atoms with Gasteiger partial charge in [-0.15, -0.1) is 10.2 Å². The van der Waals surface area contributed by atoms with Gasteiger partial charge in [0.15, 0.2) is 16.6 Å². The van der Waals surface area contributed by atoms with Crippen molar-refractivity contribution in [3.8, 4) is 33.3 Å². The summed E-state index contributed by atoms with van der Waals surface area (Å²) in [6.45, 7) is 1.96. The molecule has 0 aliphatic rings. The van der Waals surface area contributed by atoms with Crippen LogP contribution in [0.25, 0.3) is 27.5 Å². The van der Waals surface area contributed by atoms with Crippen LogP contribution < -0.4 is 10.1 Å². The van der Waals surface area contributed by atoms with E-state index in [1.54, 1.807) is 28.9 Å². The van der Waals surface area contributed by atoms with E-state index in [4.69, 9.17) is 9.84 Å². The molecule has 9 heteroatoms. The summed E-state index contributed by atoms with van der Waals surface area (Å²) in [5, 5.41) is 16.8. The molecule has 7 nitrogen and oxygen atoms in total. The molecule has 0 aliphatic heterocycles. The number of benzene rings is 3. The molecule has 174 valence electrons. The summed E-state index contributed by atoms with van der Waals surface area (Å²) in [7, 11) is 1.42. The van der Waals surface area contributed by atoms with Gasteiger partial charge in [-0.1, -0.05) is 47.2 Å². The molecule has 1 amide bonds. The molecule has 0 fully saturated rings. The van der Waals surface area contributed by atoms with E-state index in [1.807, 2.05) is 55.6 Å². The van der Waals surface area contributed by atoms with Crippen molar-refractivity contribution in [3.63, 3.8) is 0 Å². The van der Waals surface area contributed by atoms with Crippen molar-refractivity contribution in [2.45, 2.75) is 6.92 Å². The normalized spacial score (nSPS) is 10.8. The molecule has 0 spiro atoms. The molecule has 2 aromatic heterocycles. The number of aromatic nitrogens is 4. The highest BCUT2D eigenvalue weighted by Crippen LogP contribution is 2.36. The summed E-state index contributed by atoms with van der Waals surface area (Å²) in [6, 6.07) is 21.5. The number of hydrogen-bond acceptors (Lipinski definition) is 6. The van der Waals surface area contributed by atoms with Crippen molar-refractivity contribution in [1.29, 1.82) is 0 Å². The number of aryl methyl sites for hydroxylation is 1. The molecule has 0 saturated carbocycles. The molecule has 0 saturated heterocycles. The summed E-state index contributed by atoms with van der Waals surface area (Å²) in [5.41, 5.74) is 4.19. The zero-order valence-corrected chi connectivity index (χ0v) is 19.7. The van der Waals surface area contributed by atoms with Gasteiger partial charge in [0.25, 0.3) is 5.91 Å². The second-order valence-corrected chi connectivity index (χ2v) is 8.73. The zero-order chi connectivity index (χ0) is 24.4. The molecule has 5 rings (SSSR count). The number of carbonyl (C=O) groups excluding carboxylic acids is 1. The molecule has 1 N–H and O–H groups in total. The van der Waals surface area contributed by atoms with Gasteiger partial charge in [-0.05, 0) is 49.4 Å². The Morgan fingerprint density at radius 1 is 1.03 bits per heavy atom. The molecule has 0 radical (unpaired) electrons. The Balaban J connectivity index is 1.52. The third-order valence-electron chi connectivity index (χ3n) is 5.35. The number of rotatable bonds is 6. The molecular formula is C26H20FN5O2S. The molecule has 0 bridgehead atoms. The Labute approximate surface area is 204 Å². The van der Waals surface area contributed by atoms with Crippen molar-refractivity contribution in [2.75, 3.05) is 12.4 Å². The van der Waals surface area contributed by atoms with E-state index in [1.165, 1.54) is 24.5 Å². The molecule has 0 aliphatic carbocycles. The fourth-order valence-electron chi connectivity index (χ4n) is 3.53. The quantitative estimate of drug-likeness (QED) is 0.330. The van der Waals surface area contributed by atoms with E-state index in [0.717, 1.165) is 11.3 Å². The summed E-state index contributed by atoms with van der Waals surface area (Å²) in [6.07, 6.45) is 1.82. The Bertz CT molecular complexity index is 1500. The largest absolute Gasteiger partial charge is 0.494 e. The minimum Gasteiger partial charge on any atom is -0.494 e. The van der Waals surface area contributed by atoms with Crippen LogP contribution in [0, 0.1) is 12.7 Å². The Hall–Kier alpha value is -4.37. The first kappa shape index (κ1) is 22.4. The fourth-order valence-corrected chi connectivity index (χ4v) is 4.28. The highest BCUT2D eigenvalue weighted by atomic mass is 32.1. The number of nitrogens with one attached hydrogen (secondary N) is 1. The highest BCUT2D eigenvalue weighted by molar-refractivity contribution is 7.18. The topological polar surface area (TPSA) is 81.9 Å². The first-order chi connectivity index (χ1) is 17.0. The third-order valence-corrected chi connectivity index (χ3v) is 6.22. The number of amides is 1. The van der Waals surface area contributed by atoms with Gasteiger partial charge in [0, 0.05) is 17.3 Å².